The number of nitrogens with two attached hydrogens (primary N) is 1. The van der Waals surface area contributed by atoms with E-state index in [1.165, 1.54) is 7.11 Å². The third-order valence-corrected chi connectivity index (χ3v) is 1.96. The maximum absolute atomic E-state index is 11.4. The largest absolute Gasteiger partial charge is 0.465 e. The van der Waals surface area contributed by atoms with Gasteiger partial charge in [0.05, 0.1) is 12.8 Å². The summed E-state index contributed by atoms with van der Waals surface area (Å²) >= 11 is 0. The van der Waals surface area contributed by atoms with Crippen LogP contribution in [0.4, 0.5) is 5.69 Å². The molecule has 1 aliphatic rings. The number of benzene rings is 1. The SMILES string of the molecule is COC(=O)c1c(N)ccc2c1OCO2. The van der Waals surface area contributed by atoms with Crippen LogP contribution in [0.2, 0.25) is 0 Å². The summed E-state index contributed by atoms with van der Waals surface area (Å²) in [6.07, 6.45) is 0. The molecular weight excluding hydrogens is 186 g/mol. The van der Waals surface area contributed by atoms with Gasteiger partial charge in [-0.15, -0.1) is 0 Å². The zero-order chi connectivity index (χ0) is 10.1. The molecule has 2 N–H and O–H groups in total. The van der Waals surface area contributed by atoms with Gasteiger partial charge in [0.1, 0.15) is 5.56 Å². The van der Waals surface area contributed by atoms with Crippen LogP contribution >= 0.6 is 0 Å². The molecule has 0 aliphatic carbocycles. The zero-order valence-electron chi connectivity index (χ0n) is 7.57. The molecule has 0 spiro atoms. The molecule has 1 aromatic carbocycles. The molecule has 0 atom stereocenters. The minimum Gasteiger partial charge on any atom is -0.465 e. The number of carbonyl (C=O) groups excluding carboxylic acids is 1. The molecule has 0 unspecified atom stereocenters. The third-order valence-electron chi connectivity index (χ3n) is 1.96. The van der Waals surface area contributed by atoms with Gasteiger partial charge in [-0.25, -0.2) is 4.79 Å². The average molecular weight is 195 g/mol. The summed E-state index contributed by atoms with van der Waals surface area (Å²) in [4.78, 5) is 11.4. The van der Waals surface area contributed by atoms with E-state index in [4.69, 9.17) is 15.2 Å². The van der Waals surface area contributed by atoms with Crippen molar-refractivity contribution in [3.8, 4) is 11.5 Å². The zero-order valence-corrected chi connectivity index (χ0v) is 7.57. The van der Waals surface area contributed by atoms with E-state index in [0.29, 0.717) is 17.2 Å². The number of methoxy groups -OCH3 is 1. The van der Waals surface area contributed by atoms with Crippen LogP contribution in [0.25, 0.3) is 0 Å². The first-order chi connectivity index (χ1) is 6.74. The van der Waals surface area contributed by atoms with Gasteiger partial charge >= 0.3 is 5.97 Å². The van der Waals surface area contributed by atoms with E-state index in [2.05, 4.69) is 4.74 Å². The summed E-state index contributed by atoms with van der Waals surface area (Å²) in [6, 6.07) is 3.24. The van der Waals surface area contributed by atoms with Crippen LogP contribution < -0.4 is 15.2 Å². The van der Waals surface area contributed by atoms with Crippen molar-refractivity contribution in [3.05, 3.63) is 17.7 Å². The number of ether oxygens (including phenoxy) is 3. The normalized spacial score (nSPS) is 12.6. The van der Waals surface area contributed by atoms with E-state index < -0.39 is 5.97 Å². The van der Waals surface area contributed by atoms with Crippen molar-refractivity contribution in [3.63, 3.8) is 0 Å². The average Bonchev–Trinajstić information content (AvgIpc) is 2.64. The summed E-state index contributed by atoms with van der Waals surface area (Å²) in [5.74, 6) is 0.348. The minimum absolute atomic E-state index is 0.1000. The summed E-state index contributed by atoms with van der Waals surface area (Å²) in [5, 5.41) is 0. The van der Waals surface area contributed by atoms with E-state index in [0.717, 1.165) is 0 Å². The number of esters is 1. The standard InChI is InChI=1S/C9H9NO4/c1-12-9(11)7-5(10)2-3-6-8(7)14-4-13-6/h2-3H,4,10H2,1H3. The van der Waals surface area contributed by atoms with Crippen LogP contribution in [0.3, 0.4) is 0 Å². The molecule has 2 rings (SSSR count). The van der Waals surface area contributed by atoms with Gasteiger partial charge in [-0.2, -0.15) is 0 Å². The number of anilines is 1. The molecule has 0 radical (unpaired) electrons. The molecule has 0 bridgehead atoms. The topological polar surface area (TPSA) is 70.8 Å². The highest BCUT2D eigenvalue weighted by atomic mass is 16.7. The van der Waals surface area contributed by atoms with Crippen LogP contribution in [0.1, 0.15) is 10.4 Å². The number of hydrogen-bond acceptors (Lipinski definition) is 5. The maximum Gasteiger partial charge on any atom is 0.343 e. The highest BCUT2D eigenvalue weighted by Crippen LogP contribution is 2.38. The first-order valence-corrected chi connectivity index (χ1v) is 4.00. The Hall–Kier alpha value is -1.91. The number of rotatable bonds is 1. The van der Waals surface area contributed by atoms with Gasteiger partial charge in [0.25, 0.3) is 0 Å². The lowest BCUT2D eigenvalue weighted by atomic mass is 10.1. The van der Waals surface area contributed by atoms with Crippen molar-refractivity contribution >= 4 is 11.7 Å². The molecule has 0 aromatic heterocycles. The first-order valence-electron chi connectivity index (χ1n) is 4.00. The Morgan fingerprint density at radius 3 is 3.00 bits per heavy atom. The highest BCUT2D eigenvalue weighted by molar-refractivity contribution is 5.99. The van der Waals surface area contributed by atoms with Crippen molar-refractivity contribution in [2.75, 3.05) is 19.6 Å². The minimum atomic E-state index is -0.523. The van der Waals surface area contributed by atoms with Crippen LogP contribution in [-0.4, -0.2) is 19.9 Å². The van der Waals surface area contributed by atoms with Crippen molar-refractivity contribution < 1.29 is 19.0 Å². The number of fused-ring (bicyclic) bond motifs is 1. The quantitative estimate of drug-likeness (QED) is 0.529. The lowest BCUT2D eigenvalue weighted by molar-refractivity contribution is 0.0597. The molecule has 1 heterocycles. The molecule has 5 heteroatoms. The number of carbonyl (C=O) groups is 1. The molecule has 0 fully saturated rings. The van der Waals surface area contributed by atoms with E-state index in [-0.39, 0.29) is 12.4 Å². The predicted octanol–water partition coefficient (Wildman–Crippen LogP) is 0.784. The van der Waals surface area contributed by atoms with E-state index in [9.17, 15) is 4.79 Å². The van der Waals surface area contributed by atoms with Gasteiger partial charge in [0.15, 0.2) is 11.5 Å². The number of hydrogen-bond donors (Lipinski definition) is 1. The van der Waals surface area contributed by atoms with E-state index in [1.807, 2.05) is 0 Å². The highest BCUT2D eigenvalue weighted by Gasteiger charge is 2.25. The maximum atomic E-state index is 11.4. The number of nitrogen functional groups attached to an aromatic ring is 1. The van der Waals surface area contributed by atoms with Gasteiger partial charge in [0, 0.05) is 0 Å². The van der Waals surface area contributed by atoms with Crippen LogP contribution in [0.5, 0.6) is 11.5 Å². The molecule has 1 aromatic rings. The van der Waals surface area contributed by atoms with Crippen molar-refractivity contribution in [2.24, 2.45) is 0 Å². The van der Waals surface area contributed by atoms with Crippen LogP contribution in [-0.2, 0) is 4.74 Å². The predicted molar refractivity (Wildman–Crippen MR) is 48.3 cm³/mol. The fourth-order valence-corrected chi connectivity index (χ4v) is 1.30. The monoisotopic (exact) mass is 195 g/mol. The Morgan fingerprint density at radius 2 is 2.29 bits per heavy atom. The Labute approximate surface area is 80.4 Å². The molecular formula is C9H9NO4. The summed E-state index contributed by atoms with van der Waals surface area (Å²) in [7, 11) is 1.29. The second-order valence-corrected chi connectivity index (χ2v) is 2.76. The summed E-state index contributed by atoms with van der Waals surface area (Å²) < 4.78 is 14.8. The lowest BCUT2D eigenvalue weighted by Gasteiger charge is -2.06. The van der Waals surface area contributed by atoms with Gasteiger partial charge < -0.3 is 19.9 Å². The van der Waals surface area contributed by atoms with Gasteiger partial charge in [-0.3, -0.25) is 0 Å². The fourth-order valence-electron chi connectivity index (χ4n) is 1.30. The Morgan fingerprint density at radius 1 is 1.50 bits per heavy atom. The fraction of sp³-hybridized carbons (Fsp3) is 0.222. The van der Waals surface area contributed by atoms with Crippen molar-refractivity contribution in [2.45, 2.75) is 0 Å². The molecule has 74 valence electrons. The molecule has 0 saturated carbocycles. The molecule has 14 heavy (non-hydrogen) atoms. The smallest absolute Gasteiger partial charge is 0.343 e. The van der Waals surface area contributed by atoms with Gasteiger partial charge in [0.2, 0.25) is 6.79 Å². The van der Waals surface area contributed by atoms with Crippen molar-refractivity contribution in [1.82, 2.24) is 0 Å². The van der Waals surface area contributed by atoms with Crippen LogP contribution in [0.15, 0.2) is 12.1 Å². The third kappa shape index (κ3) is 1.14. The summed E-state index contributed by atoms with van der Waals surface area (Å²) in [6.45, 7) is 0.1000. The lowest BCUT2D eigenvalue weighted by Crippen LogP contribution is -2.07. The van der Waals surface area contributed by atoms with Gasteiger partial charge in [-0.05, 0) is 12.1 Å². The molecule has 5 nitrogen and oxygen atoms in total. The van der Waals surface area contributed by atoms with Gasteiger partial charge in [-0.1, -0.05) is 0 Å². The first kappa shape index (κ1) is 8.68. The Balaban J connectivity index is 2.57. The van der Waals surface area contributed by atoms with E-state index in [1.54, 1.807) is 12.1 Å². The van der Waals surface area contributed by atoms with E-state index >= 15 is 0 Å². The second kappa shape index (κ2) is 3.10. The summed E-state index contributed by atoms with van der Waals surface area (Å²) in [5.41, 5.74) is 6.18. The Kier molecular flexibility index (Phi) is 1.92. The Bertz CT molecular complexity index is 389. The molecule has 0 saturated heterocycles. The molecule has 1 aliphatic heterocycles. The second-order valence-electron chi connectivity index (χ2n) is 2.76. The van der Waals surface area contributed by atoms with Crippen LogP contribution in [0, 0.1) is 0 Å². The van der Waals surface area contributed by atoms with Crippen molar-refractivity contribution in [1.29, 1.82) is 0 Å². The molecule has 0 amide bonds.